The summed E-state index contributed by atoms with van der Waals surface area (Å²) < 4.78 is 51.9. The summed E-state index contributed by atoms with van der Waals surface area (Å²) in [4.78, 5) is 12.5. The fourth-order valence-electron chi connectivity index (χ4n) is 2.91. The van der Waals surface area contributed by atoms with Crippen LogP contribution in [0.25, 0.3) is 0 Å². The number of sulfonamides is 1. The van der Waals surface area contributed by atoms with E-state index in [0.29, 0.717) is 11.4 Å². The minimum Gasteiger partial charge on any atom is -0.493 e. The second-order valence-electron chi connectivity index (χ2n) is 6.54. The summed E-state index contributed by atoms with van der Waals surface area (Å²) in [5.41, 5.74) is 0.521. The standard InChI is InChI=1S/C22H20ClFN2O5S/c1-30-20-11-9-17(13-21(20)31-2)32(28,29)26(16-8-10-19(24)18(23)12-16)14-22(27)25-15-6-4-3-5-7-15/h3-13H,14H2,1-2H3,(H,25,27). The van der Waals surface area contributed by atoms with Crippen LogP contribution < -0.4 is 19.1 Å². The molecule has 0 saturated carbocycles. The molecular weight excluding hydrogens is 459 g/mol. The van der Waals surface area contributed by atoms with Gasteiger partial charge in [-0.2, -0.15) is 0 Å². The van der Waals surface area contributed by atoms with Gasteiger partial charge in [-0.3, -0.25) is 9.10 Å². The molecule has 0 atom stereocenters. The molecule has 0 spiro atoms. The predicted molar refractivity (Wildman–Crippen MR) is 121 cm³/mol. The van der Waals surface area contributed by atoms with Crippen molar-refractivity contribution in [3.05, 3.63) is 77.6 Å². The Labute approximate surface area is 190 Å². The summed E-state index contributed by atoms with van der Waals surface area (Å²) in [7, 11) is -1.48. The monoisotopic (exact) mass is 478 g/mol. The lowest BCUT2D eigenvalue weighted by Crippen LogP contribution is -2.38. The van der Waals surface area contributed by atoms with Crippen molar-refractivity contribution in [2.45, 2.75) is 4.90 Å². The summed E-state index contributed by atoms with van der Waals surface area (Å²) in [5.74, 6) is -0.780. The average molecular weight is 479 g/mol. The van der Waals surface area contributed by atoms with E-state index in [2.05, 4.69) is 5.32 Å². The zero-order valence-corrected chi connectivity index (χ0v) is 18.8. The number of carbonyl (C=O) groups excluding carboxylic acids is 1. The van der Waals surface area contributed by atoms with Crippen LogP contribution in [0.4, 0.5) is 15.8 Å². The van der Waals surface area contributed by atoms with Gasteiger partial charge in [0.05, 0.1) is 29.8 Å². The molecule has 3 aromatic rings. The molecule has 0 aromatic heterocycles. The Hall–Kier alpha value is -3.30. The SMILES string of the molecule is COc1ccc(S(=O)(=O)N(CC(=O)Nc2ccccc2)c2ccc(F)c(Cl)c2)cc1OC. The van der Waals surface area contributed by atoms with E-state index in [4.69, 9.17) is 21.1 Å². The first-order valence-electron chi connectivity index (χ1n) is 9.31. The molecule has 168 valence electrons. The van der Waals surface area contributed by atoms with Crippen molar-refractivity contribution in [1.29, 1.82) is 0 Å². The van der Waals surface area contributed by atoms with Crippen LogP contribution in [-0.4, -0.2) is 35.1 Å². The number of ether oxygens (including phenoxy) is 2. The molecule has 0 fully saturated rings. The van der Waals surface area contributed by atoms with Gasteiger partial charge in [0.1, 0.15) is 12.4 Å². The van der Waals surface area contributed by atoms with E-state index in [1.807, 2.05) is 0 Å². The van der Waals surface area contributed by atoms with E-state index in [1.165, 1.54) is 38.5 Å². The lowest BCUT2D eigenvalue weighted by atomic mass is 10.3. The number of carbonyl (C=O) groups is 1. The molecule has 32 heavy (non-hydrogen) atoms. The van der Waals surface area contributed by atoms with Crippen LogP contribution >= 0.6 is 11.6 Å². The number of hydrogen-bond acceptors (Lipinski definition) is 5. The third kappa shape index (κ3) is 5.12. The van der Waals surface area contributed by atoms with Gasteiger partial charge in [0.25, 0.3) is 10.0 Å². The first-order valence-corrected chi connectivity index (χ1v) is 11.1. The highest BCUT2D eigenvalue weighted by Crippen LogP contribution is 2.33. The number of rotatable bonds is 8. The number of anilines is 2. The van der Waals surface area contributed by atoms with Crippen LogP contribution in [0.5, 0.6) is 11.5 Å². The first-order chi connectivity index (χ1) is 15.3. The molecule has 0 aliphatic heterocycles. The van der Waals surface area contributed by atoms with Gasteiger partial charge in [-0.1, -0.05) is 29.8 Å². The molecule has 1 amide bonds. The second kappa shape index (κ2) is 9.88. The second-order valence-corrected chi connectivity index (χ2v) is 8.81. The van der Waals surface area contributed by atoms with Crippen LogP contribution in [0.15, 0.2) is 71.6 Å². The Morgan fingerprint density at radius 1 is 1.00 bits per heavy atom. The molecule has 10 heteroatoms. The molecule has 0 aliphatic rings. The summed E-state index contributed by atoms with van der Waals surface area (Å²) in [6.07, 6.45) is 0. The van der Waals surface area contributed by atoms with Crippen LogP contribution in [0.3, 0.4) is 0 Å². The zero-order chi connectivity index (χ0) is 23.3. The van der Waals surface area contributed by atoms with E-state index in [9.17, 15) is 17.6 Å². The van der Waals surface area contributed by atoms with E-state index in [0.717, 1.165) is 16.4 Å². The Kier molecular flexibility index (Phi) is 7.22. The highest BCUT2D eigenvalue weighted by Gasteiger charge is 2.29. The summed E-state index contributed by atoms with van der Waals surface area (Å²) in [6.45, 7) is -0.576. The largest absolute Gasteiger partial charge is 0.493 e. The third-order valence-electron chi connectivity index (χ3n) is 4.48. The van der Waals surface area contributed by atoms with Crippen molar-refractivity contribution in [3.8, 4) is 11.5 Å². The average Bonchev–Trinajstić information content (AvgIpc) is 2.79. The number of para-hydroxylation sites is 1. The molecule has 0 aliphatic carbocycles. The van der Waals surface area contributed by atoms with Gasteiger partial charge in [-0.05, 0) is 42.5 Å². The number of nitrogens with one attached hydrogen (secondary N) is 1. The fraction of sp³-hybridized carbons (Fsp3) is 0.136. The molecule has 0 saturated heterocycles. The van der Waals surface area contributed by atoms with Crippen molar-refractivity contribution >= 4 is 38.9 Å². The van der Waals surface area contributed by atoms with E-state index >= 15 is 0 Å². The number of hydrogen-bond donors (Lipinski definition) is 1. The topological polar surface area (TPSA) is 84.9 Å². The summed E-state index contributed by atoms with van der Waals surface area (Å²) in [6, 6.07) is 16.0. The number of benzene rings is 3. The van der Waals surface area contributed by atoms with Crippen molar-refractivity contribution in [2.75, 3.05) is 30.4 Å². The highest BCUT2D eigenvalue weighted by molar-refractivity contribution is 7.92. The Balaban J connectivity index is 2.02. The quantitative estimate of drug-likeness (QED) is 0.521. The van der Waals surface area contributed by atoms with Crippen LogP contribution in [-0.2, 0) is 14.8 Å². The Morgan fingerprint density at radius 2 is 1.69 bits per heavy atom. The van der Waals surface area contributed by atoms with Crippen molar-refractivity contribution in [2.24, 2.45) is 0 Å². The number of amides is 1. The van der Waals surface area contributed by atoms with Gasteiger partial charge in [0.2, 0.25) is 5.91 Å². The minimum atomic E-state index is -4.27. The Bertz CT molecular complexity index is 1220. The molecule has 0 radical (unpaired) electrons. The van der Waals surface area contributed by atoms with Crippen LogP contribution in [0, 0.1) is 5.82 Å². The van der Waals surface area contributed by atoms with Crippen LogP contribution in [0.2, 0.25) is 5.02 Å². The van der Waals surface area contributed by atoms with E-state index in [-0.39, 0.29) is 21.4 Å². The van der Waals surface area contributed by atoms with Crippen LogP contribution in [0.1, 0.15) is 0 Å². The molecular formula is C22H20ClFN2O5S. The molecule has 0 unspecified atom stereocenters. The molecule has 7 nitrogen and oxygen atoms in total. The minimum absolute atomic E-state index is 0.0226. The maximum atomic E-state index is 13.7. The van der Waals surface area contributed by atoms with Crippen molar-refractivity contribution in [3.63, 3.8) is 0 Å². The van der Waals surface area contributed by atoms with Gasteiger partial charge in [0, 0.05) is 11.8 Å². The smallest absolute Gasteiger partial charge is 0.264 e. The van der Waals surface area contributed by atoms with Gasteiger partial charge in [-0.25, -0.2) is 12.8 Å². The maximum Gasteiger partial charge on any atom is 0.264 e. The van der Waals surface area contributed by atoms with Gasteiger partial charge in [-0.15, -0.1) is 0 Å². The zero-order valence-electron chi connectivity index (χ0n) is 17.2. The summed E-state index contributed by atoms with van der Waals surface area (Å²) >= 11 is 5.87. The highest BCUT2D eigenvalue weighted by atomic mass is 35.5. The van der Waals surface area contributed by atoms with E-state index in [1.54, 1.807) is 30.3 Å². The lowest BCUT2D eigenvalue weighted by Gasteiger charge is -2.24. The molecule has 0 heterocycles. The lowest BCUT2D eigenvalue weighted by molar-refractivity contribution is -0.114. The van der Waals surface area contributed by atoms with Gasteiger partial charge >= 0.3 is 0 Å². The normalized spacial score (nSPS) is 11.0. The molecule has 3 rings (SSSR count). The third-order valence-corrected chi connectivity index (χ3v) is 6.54. The fourth-order valence-corrected chi connectivity index (χ4v) is 4.52. The van der Waals surface area contributed by atoms with Crippen molar-refractivity contribution < 1.29 is 27.1 Å². The number of nitrogens with zero attached hydrogens (tertiary/aromatic N) is 1. The summed E-state index contributed by atoms with van der Waals surface area (Å²) in [5, 5.41) is 2.36. The molecule has 3 aromatic carbocycles. The Morgan fingerprint density at radius 3 is 2.31 bits per heavy atom. The van der Waals surface area contributed by atoms with E-state index < -0.39 is 28.3 Å². The maximum absolute atomic E-state index is 13.7. The number of methoxy groups -OCH3 is 2. The molecule has 0 bridgehead atoms. The van der Waals surface area contributed by atoms with Crippen molar-refractivity contribution in [1.82, 2.24) is 0 Å². The first kappa shape index (κ1) is 23.4. The van der Waals surface area contributed by atoms with Gasteiger partial charge in [0.15, 0.2) is 11.5 Å². The molecule has 1 N–H and O–H groups in total. The predicted octanol–water partition coefficient (Wildman–Crippen LogP) is 4.33. The number of halogens is 2. The van der Waals surface area contributed by atoms with Gasteiger partial charge < -0.3 is 14.8 Å².